The molecule has 1 N–H and O–H groups in total. The van der Waals surface area contributed by atoms with Gasteiger partial charge in [-0.05, 0) is 44.7 Å². The molecule has 5 nitrogen and oxygen atoms in total. The quantitative estimate of drug-likeness (QED) is 0.472. The van der Waals surface area contributed by atoms with Crippen LogP contribution in [-0.4, -0.2) is 33.3 Å². The number of anilines is 1. The molecule has 0 aliphatic carbocycles. The van der Waals surface area contributed by atoms with E-state index in [-0.39, 0.29) is 11.7 Å². The number of aryl methyl sites for hydroxylation is 1. The van der Waals surface area contributed by atoms with Crippen LogP contribution in [0.25, 0.3) is 0 Å². The molecule has 1 aromatic heterocycles. The number of Topliss-reactive ketones (excluding diaryl/α,β-unsaturated/α-hetero) is 1. The Hall–Kier alpha value is -1.73. The molecule has 0 atom stereocenters. The van der Waals surface area contributed by atoms with Crippen molar-refractivity contribution in [1.29, 1.82) is 0 Å². The van der Waals surface area contributed by atoms with Crippen LogP contribution in [0.3, 0.4) is 0 Å². The summed E-state index contributed by atoms with van der Waals surface area (Å²) in [5.41, 5.74) is 3.58. The van der Waals surface area contributed by atoms with Gasteiger partial charge in [0.1, 0.15) is 0 Å². The number of hydrogen-bond donors (Lipinski definition) is 1. The maximum absolute atomic E-state index is 12.7. The lowest BCUT2D eigenvalue weighted by Crippen LogP contribution is -2.09. The van der Waals surface area contributed by atoms with Gasteiger partial charge in [0.25, 0.3) is 0 Å². The van der Waals surface area contributed by atoms with Gasteiger partial charge in [-0.3, -0.25) is 9.59 Å². The fourth-order valence-corrected chi connectivity index (χ4v) is 4.28. The van der Waals surface area contributed by atoms with E-state index in [1.165, 1.54) is 36.1 Å². The number of imidazole rings is 1. The smallest absolute Gasteiger partial charge is 0.221 e. The Morgan fingerprint density at radius 3 is 2.63 bits per heavy atom. The van der Waals surface area contributed by atoms with Crippen molar-refractivity contribution in [3.05, 3.63) is 35.2 Å². The SMILES string of the molecule is CCCCn1c(SCC(=O)c2ccc(NC(C)=O)c(SC)c2)nc(C)c1C. The molecule has 27 heavy (non-hydrogen) atoms. The van der Waals surface area contributed by atoms with Gasteiger partial charge in [0.2, 0.25) is 5.91 Å². The van der Waals surface area contributed by atoms with Crippen LogP contribution in [0.2, 0.25) is 0 Å². The summed E-state index contributed by atoms with van der Waals surface area (Å²) in [6.07, 6.45) is 4.15. The third-order valence-corrected chi connectivity index (χ3v) is 6.08. The molecule has 0 aliphatic heterocycles. The number of amides is 1. The number of carbonyl (C=O) groups is 2. The van der Waals surface area contributed by atoms with Gasteiger partial charge < -0.3 is 9.88 Å². The second-order valence-corrected chi connectivity index (χ2v) is 8.17. The van der Waals surface area contributed by atoms with E-state index in [2.05, 4.69) is 28.7 Å². The summed E-state index contributed by atoms with van der Waals surface area (Å²) in [5, 5.41) is 3.70. The minimum absolute atomic E-state index is 0.0602. The summed E-state index contributed by atoms with van der Waals surface area (Å²) < 4.78 is 2.21. The molecule has 146 valence electrons. The predicted molar refractivity (Wildman–Crippen MR) is 114 cm³/mol. The van der Waals surface area contributed by atoms with Crippen LogP contribution in [-0.2, 0) is 11.3 Å². The third kappa shape index (κ3) is 5.62. The second-order valence-electron chi connectivity index (χ2n) is 6.38. The molecule has 0 radical (unpaired) electrons. The van der Waals surface area contributed by atoms with Gasteiger partial charge in [-0.15, -0.1) is 11.8 Å². The van der Waals surface area contributed by atoms with Gasteiger partial charge in [-0.1, -0.05) is 25.1 Å². The van der Waals surface area contributed by atoms with Crippen LogP contribution in [0.15, 0.2) is 28.3 Å². The van der Waals surface area contributed by atoms with Crippen molar-refractivity contribution in [2.45, 2.75) is 57.1 Å². The highest BCUT2D eigenvalue weighted by Crippen LogP contribution is 2.28. The lowest BCUT2D eigenvalue weighted by Gasteiger charge is -2.11. The van der Waals surface area contributed by atoms with E-state index < -0.39 is 0 Å². The fraction of sp³-hybridized carbons (Fsp3) is 0.450. The van der Waals surface area contributed by atoms with Gasteiger partial charge in [-0.25, -0.2) is 4.98 Å². The number of nitrogens with one attached hydrogen (secondary N) is 1. The van der Waals surface area contributed by atoms with Gasteiger partial charge in [-0.2, -0.15) is 0 Å². The third-order valence-electron chi connectivity index (χ3n) is 4.32. The summed E-state index contributed by atoms with van der Waals surface area (Å²) in [4.78, 5) is 29.5. The minimum atomic E-state index is -0.121. The van der Waals surface area contributed by atoms with E-state index in [9.17, 15) is 9.59 Å². The Bertz CT molecular complexity index is 831. The van der Waals surface area contributed by atoms with E-state index in [1.54, 1.807) is 12.1 Å². The molecule has 2 rings (SSSR count). The van der Waals surface area contributed by atoms with Gasteiger partial charge >= 0.3 is 0 Å². The van der Waals surface area contributed by atoms with Crippen molar-refractivity contribution >= 4 is 40.9 Å². The minimum Gasteiger partial charge on any atom is -0.325 e. The first-order chi connectivity index (χ1) is 12.9. The normalized spacial score (nSPS) is 10.9. The Kier molecular flexibility index (Phi) is 7.98. The van der Waals surface area contributed by atoms with Crippen molar-refractivity contribution in [3.63, 3.8) is 0 Å². The topological polar surface area (TPSA) is 64.0 Å². The molecule has 0 bridgehead atoms. The summed E-state index contributed by atoms with van der Waals surface area (Å²) in [6, 6.07) is 5.41. The van der Waals surface area contributed by atoms with E-state index in [4.69, 9.17) is 0 Å². The molecule has 0 fully saturated rings. The van der Waals surface area contributed by atoms with E-state index in [0.29, 0.717) is 11.3 Å². The average molecular weight is 406 g/mol. The standard InChI is InChI=1S/C20H27N3O2S2/c1-6-7-10-23-14(3)13(2)21-20(23)27-12-18(25)16-8-9-17(22-15(4)24)19(11-16)26-5/h8-9,11H,6-7,10,12H2,1-5H3,(H,22,24). The van der Waals surface area contributed by atoms with E-state index in [0.717, 1.165) is 40.8 Å². The fourth-order valence-electron chi connectivity index (χ4n) is 2.68. The van der Waals surface area contributed by atoms with Crippen molar-refractivity contribution in [2.75, 3.05) is 17.3 Å². The summed E-state index contributed by atoms with van der Waals surface area (Å²) in [6.45, 7) is 8.67. The largest absolute Gasteiger partial charge is 0.325 e. The number of nitrogens with zero attached hydrogens (tertiary/aromatic N) is 2. The van der Waals surface area contributed by atoms with Gasteiger partial charge in [0.05, 0.1) is 17.1 Å². The second kappa shape index (κ2) is 9.99. The molecule has 1 amide bonds. The molecule has 0 spiro atoms. The molecule has 1 heterocycles. The molecule has 0 saturated carbocycles. The van der Waals surface area contributed by atoms with Gasteiger partial charge in [0, 0.05) is 29.6 Å². The number of aromatic nitrogens is 2. The van der Waals surface area contributed by atoms with Crippen molar-refractivity contribution in [1.82, 2.24) is 9.55 Å². The van der Waals surface area contributed by atoms with E-state index >= 15 is 0 Å². The van der Waals surface area contributed by atoms with Crippen LogP contribution >= 0.6 is 23.5 Å². The molecular weight excluding hydrogens is 378 g/mol. The number of hydrogen-bond acceptors (Lipinski definition) is 5. The highest BCUT2D eigenvalue weighted by molar-refractivity contribution is 7.99. The number of rotatable bonds is 9. The summed E-state index contributed by atoms with van der Waals surface area (Å²) in [7, 11) is 0. The van der Waals surface area contributed by atoms with E-state index in [1.807, 2.05) is 19.2 Å². The van der Waals surface area contributed by atoms with Crippen LogP contribution < -0.4 is 5.32 Å². The molecule has 0 saturated heterocycles. The molecule has 7 heteroatoms. The maximum atomic E-state index is 12.7. The molecular formula is C20H27N3O2S2. The van der Waals surface area contributed by atoms with Gasteiger partial charge in [0.15, 0.2) is 10.9 Å². The molecule has 2 aromatic rings. The zero-order chi connectivity index (χ0) is 20.0. The highest BCUT2D eigenvalue weighted by atomic mass is 32.2. The average Bonchev–Trinajstić information content (AvgIpc) is 2.91. The first-order valence-electron chi connectivity index (χ1n) is 9.02. The van der Waals surface area contributed by atoms with Crippen LogP contribution in [0, 0.1) is 13.8 Å². The summed E-state index contributed by atoms with van der Waals surface area (Å²) >= 11 is 3.00. The first kappa shape index (κ1) is 21.6. The zero-order valence-corrected chi connectivity index (χ0v) is 18.2. The van der Waals surface area contributed by atoms with Crippen molar-refractivity contribution in [2.24, 2.45) is 0 Å². The Balaban J connectivity index is 2.12. The lowest BCUT2D eigenvalue weighted by atomic mass is 10.1. The number of benzene rings is 1. The Morgan fingerprint density at radius 1 is 1.26 bits per heavy atom. The zero-order valence-electron chi connectivity index (χ0n) is 16.6. The van der Waals surface area contributed by atoms with Crippen LogP contribution in [0.1, 0.15) is 48.4 Å². The Morgan fingerprint density at radius 2 is 2.00 bits per heavy atom. The monoisotopic (exact) mass is 405 g/mol. The van der Waals surface area contributed by atoms with Crippen LogP contribution in [0.5, 0.6) is 0 Å². The number of carbonyl (C=O) groups excluding carboxylic acids is 2. The molecule has 1 aromatic carbocycles. The van der Waals surface area contributed by atoms with Crippen LogP contribution in [0.4, 0.5) is 5.69 Å². The van der Waals surface area contributed by atoms with Crippen molar-refractivity contribution in [3.8, 4) is 0 Å². The highest BCUT2D eigenvalue weighted by Gasteiger charge is 2.15. The molecule has 0 unspecified atom stereocenters. The maximum Gasteiger partial charge on any atom is 0.221 e. The number of unbranched alkanes of at least 4 members (excludes halogenated alkanes) is 1. The Labute approximate surface area is 169 Å². The lowest BCUT2D eigenvalue weighted by molar-refractivity contribution is -0.114. The van der Waals surface area contributed by atoms with Crippen molar-refractivity contribution < 1.29 is 9.59 Å². The first-order valence-corrected chi connectivity index (χ1v) is 11.2. The predicted octanol–water partition coefficient (Wildman–Crippen LogP) is 4.96. The molecule has 0 aliphatic rings. The number of thioether (sulfide) groups is 2. The number of ketones is 1. The summed E-state index contributed by atoms with van der Waals surface area (Å²) in [5.74, 6) is 0.282.